The molecule has 8 heteroatoms. The van der Waals surface area contributed by atoms with Gasteiger partial charge in [-0.25, -0.2) is 0 Å². The number of hydrogen-bond acceptors (Lipinski definition) is 3. The number of nitrogens with one attached hydrogen (secondary N) is 1. The van der Waals surface area contributed by atoms with Crippen LogP contribution < -0.4 is 5.32 Å². The zero-order chi connectivity index (χ0) is 22.3. The lowest BCUT2D eigenvalue weighted by atomic mass is 10.1. The minimum absolute atomic E-state index is 0.0320. The van der Waals surface area contributed by atoms with Crippen molar-refractivity contribution in [3.63, 3.8) is 0 Å². The lowest BCUT2D eigenvalue weighted by Crippen LogP contribution is -2.49. The number of carbonyl (C=O) groups excluding carboxylic acids is 2. The smallest absolute Gasteiger partial charge is 0.242 e. The highest BCUT2D eigenvalue weighted by Crippen LogP contribution is 2.27. The van der Waals surface area contributed by atoms with Gasteiger partial charge in [0.2, 0.25) is 11.8 Å². The molecular formula is C22H25Cl3N2O2S. The Labute approximate surface area is 197 Å². The second kappa shape index (κ2) is 11.8. The van der Waals surface area contributed by atoms with Crippen LogP contribution in [0.25, 0.3) is 0 Å². The summed E-state index contributed by atoms with van der Waals surface area (Å²) in [5.74, 6) is 0.401. The summed E-state index contributed by atoms with van der Waals surface area (Å²) in [5.41, 5.74) is 1.58. The van der Waals surface area contributed by atoms with E-state index in [0.717, 1.165) is 5.56 Å². The number of rotatable bonds is 9. The van der Waals surface area contributed by atoms with Crippen LogP contribution in [0.1, 0.15) is 31.9 Å². The Morgan fingerprint density at radius 3 is 2.17 bits per heavy atom. The van der Waals surface area contributed by atoms with Gasteiger partial charge in [-0.3, -0.25) is 9.59 Å². The molecule has 0 bridgehead atoms. The fraction of sp³-hybridized carbons (Fsp3) is 0.364. The molecular weight excluding hydrogens is 463 g/mol. The van der Waals surface area contributed by atoms with Crippen molar-refractivity contribution in [2.24, 2.45) is 0 Å². The normalized spacial score (nSPS) is 12.0. The van der Waals surface area contributed by atoms with Crippen LogP contribution in [0.3, 0.4) is 0 Å². The Kier molecular flexibility index (Phi) is 9.82. The van der Waals surface area contributed by atoms with Crippen molar-refractivity contribution in [2.45, 2.75) is 45.2 Å². The van der Waals surface area contributed by atoms with Gasteiger partial charge >= 0.3 is 0 Å². The average Bonchev–Trinajstić information content (AvgIpc) is 2.68. The molecule has 0 spiro atoms. The highest BCUT2D eigenvalue weighted by molar-refractivity contribution is 7.99. The van der Waals surface area contributed by atoms with Crippen LogP contribution in [-0.4, -0.2) is 34.6 Å². The standard InChI is InChI=1S/C22H25Cl3N2O2S/c1-14(2)26-22(29)15(3)27(11-17-19(24)9-6-10-20(17)25)21(28)13-30-12-16-7-4-5-8-18(16)23/h4-10,14-15H,11-13H2,1-3H3,(H,26,29)/t15-/m0/s1. The number of hydrogen-bond donors (Lipinski definition) is 1. The summed E-state index contributed by atoms with van der Waals surface area (Å²) < 4.78 is 0. The maximum atomic E-state index is 13.1. The van der Waals surface area contributed by atoms with E-state index in [2.05, 4.69) is 5.32 Å². The molecule has 0 radical (unpaired) electrons. The molecule has 2 rings (SSSR count). The van der Waals surface area contributed by atoms with E-state index in [4.69, 9.17) is 34.8 Å². The summed E-state index contributed by atoms with van der Waals surface area (Å²) in [6.07, 6.45) is 0. The van der Waals surface area contributed by atoms with Gasteiger partial charge in [-0.1, -0.05) is 59.1 Å². The number of carbonyl (C=O) groups is 2. The fourth-order valence-corrected chi connectivity index (χ4v) is 4.50. The molecule has 0 saturated carbocycles. The third-order valence-electron chi connectivity index (χ3n) is 4.43. The Bertz CT molecular complexity index is 872. The van der Waals surface area contributed by atoms with Crippen molar-refractivity contribution in [1.29, 1.82) is 0 Å². The van der Waals surface area contributed by atoms with Gasteiger partial charge < -0.3 is 10.2 Å². The van der Waals surface area contributed by atoms with Gasteiger partial charge in [-0.15, -0.1) is 11.8 Å². The molecule has 0 aliphatic rings. The molecule has 1 atom stereocenters. The van der Waals surface area contributed by atoms with Crippen molar-refractivity contribution in [2.75, 3.05) is 5.75 Å². The minimum atomic E-state index is -0.673. The van der Waals surface area contributed by atoms with Crippen LogP contribution in [-0.2, 0) is 21.9 Å². The van der Waals surface area contributed by atoms with E-state index in [-0.39, 0.29) is 30.2 Å². The Hall–Kier alpha value is -1.40. The minimum Gasteiger partial charge on any atom is -0.352 e. The highest BCUT2D eigenvalue weighted by Gasteiger charge is 2.27. The van der Waals surface area contributed by atoms with E-state index in [0.29, 0.717) is 26.4 Å². The highest BCUT2D eigenvalue weighted by atomic mass is 35.5. The lowest BCUT2D eigenvalue weighted by Gasteiger charge is -2.30. The van der Waals surface area contributed by atoms with Gasteiger partial charge in [0.25, 0.3) is 0 Å². The van der Waals surface area contributed by atoms with Gasteiger partial charge in [-0.05, 0) is 44.5 Å². The van der Waals surface area contributed by atoms with Crippen LogP contribution >= 0.6 is 46.6 Å². The zero-order valence-electron chi connectivity index (χ0n) is 17.1. The summed E-state index contributed by atoms with van der Waals surface area (Å²) in [5, 5.41) is 4.45. The fourth-order valence-electron chi connectivity index (χ4n) is 2.79. The third-order valence-corrected chi connectivity index (χ3v) is 6.47. The molecule has 0 aromatic heterocycles. The molecule has 0 saturated heterocycles. The molecule has 30 heavy (non-hydrogen) atoms. The van der Waals surface area contributed by atoms with Crippen molar-refractivity contribution >= 4 is 58.4 Å². The second-order valence-corrected chi connectivity index (χ2v) is 9.35. The van der Waals surface area contributed by atoms with E-state index >= 15 is 0 Å². The van der Waals surface area contributed by atoms with Gasteiger partial charge in [0.15, 0.2) is 0 Å². The molecule has 2 aromatic carbocycles. The molecule has 2 aromatic rings. The van der Waals surface area contributed by atoms with E-state index in [1.54, 1.807) is 25.1 Å². The largest absolute Gasteiger partial charge is 0.352 e. The summed E-state index contributed by atoms with van der Waals surface area (Å²) in [6, 6.07) is 12.0. The van der Waals surface area contributed by atoms with Crippen molar-refractivity contribution < 1.29 is 9.59 Å². The van der Waals surface area contributed by atoms with Gasteiger partial charge in [-0.2, -0.15) is 0 Å². The van der Waals surface area contributed by atoms with Gasteiger partial charge in [0, 0.05) is 39.0 Å². The average molecular weight is 488 g/mol. The van der Waals surface area contributed by atoms with Crippen molar-refractivity contribution in [3.05, 3.63) is 68.7 Å². The molecule has 0 aliphatic carbocycles. The molecule has 0 aliphatic heterocycles. The first-order valence-corrected chi connectivity index (χ1v) is 11.8. The molecule has 4 nitrogen and oxygen atoms in total. The maximum Gasteiger partial charge on any atom is 0.242 e. The van der Waals surface area contributed by atoms with E-state index in [1.807, 2.05) is 38.1 Å². The SMILES string of the molecule is CC(C)NC(=O)[C@H](C)N(Cc1c(Cl)cccc1Cl)C(=O)CSCc1ccccc1Cl. The van der Waals surface area contributed by atoms with Crippen LogP contribution in [0, 0.1) is 0 Å². The summed E-state index contributed by atoms with van der Waals surface area (Å²) >= 11 is 20.3. The maximum absolute atomic E-state index is 13.1. The second-order valence-electron chi connectivity index (χ2n) is 7.15. The lowest BCUT2D eigenvalue weighted by molar-refractivity contribution is -0.138. The Balaban J connectivity index is 2.16. The molecule has 162 valence electrons. The number of nitrogens with zero attached hydrogens (tertiary/aromatic N) is 1. The first-order valence-electron chi connectivity index (χ1n) is 9.54. The summed E-state index contributed by atoms with van der Waals surface area (Å²) in [7, 11) is 0. The summed E-state index contributed by atoms with van der Waals surface area (Å²) in [4.78, 5) is 27.2. The van der Waals surface area contributed by atoms with Gasteiger partial charge in [0.05, 0.1) is 5.75 Å². The Morgan fingerprint density at radius 2 is 1.57 bits per heavy atom. The quantitative estimate of drug-likeness (QED) is 0.485. The molecule has 1 N–H and O–H groups in total. The van der Waals surface area contributed by atoms with Crippen LogP contribution in [0.4, 0.5) is 0 Å². The molecule has 0 unspecified atom stereocenters. The molecule has 2 amide bonds. The summed E-state index contributed by atoms with van der Waals surface area (Å²) in [6.45, 7) is 5.61. The van der Waals surface area contributed by atoms with E-state index in [9.17, 15) is 9.59 Å². The number of amides is 2. The number of thioether (sulfide) groups is 1. The first-order chi connectivity index (χ1) is 14.2. The van der Waals surface area contributed by atoms with Gasteiger partial charge in [0.1, 0.15) is 6.04 Å². The topological polar surface area (TPSA) is 49.4 Å². The monoisotopic (exact) mass is 486 g/mol. The predicted molar refractivity (Wildman–Crippen MR) is 127 cm³/mol. The Morgan fingerprint density at radius 1 is 0.967 bits per heavy atom. The van der Waals surface area contributed by atoms with Crippen molar-refractivity contribution in [3.8, 4) is 0 Å². The van der Waals surface area contributed by atoms with Crippen LogP contribution in [0.15, 0.2) is 42.5 Å². The molecule has 0 heterocycles. The number of halogens is 3. The third kappa shape index (κ3) is 7.09. The van der Waals surface area contributed by atoms with E-state index in [1.165, 1.54) is 16.7 Å². The van der Waals surface area contributed by atoms with Crippen LogP contribution in [0.5, 0.6) is 0 Å². The van der Waals surface area contributed by atoms with E-state index < -0.39 is 6.04 Å². The van der Waals surface area contributed by atoms with Crippen molar-refractivity contribution in [1.82, 2.24) is 10.2 Å². The molecule has 0 fully saturated rings. The van der Waals surface area contributed by atoms with Crippen LogP contribution in [0.2, 0.25) is 15.1 Å². The number of benzene rings is 2. The first kappa shape index (κ1) is 24.9. The predicted octanol–water partition coefficient (Wildman–Crippen LogP) is 5.82. The zero-order valence-corrected chi connectivity index (χ0v) is 20.2.